The van der Waals surface area contributed by atoms with E-state index in [9.17, 15) is 9.90 Å². The van der Waals surface area contributed by atoms with Crippen LogP contribution in [0.25, 0.3) is 32.8 Å². The van der Waals surface area contributed by atoms with Crippen molar-refractivity contribution in [3.8, 4) is 16.9 Å². The minimum Gasteiger partial charge on any atom is -0.489 e. The summed E-state index contributed by atoms with van der Waals surface area (Å²) in [7, 11) is 0. The highest BCUT2D eigenvalue weighted by Gasteiger charge is 2.22. The highest BCUT2D eigenvalue weighted by Crippen LogP contribution is 2.36. The van der Waals surface area contributed by atoms with Gasteiger partial charge in [-0.1, -0.05) is 42.5 Å². The second-order valence-electron chi connectivity index (χ2n) is 9.37. The maximum absolute atomic E-state index is 11.3. The predicted molar refractivity (Wildman–Crippen MR) is 144 cm³/mol. The van der Waals surface area contributed by atoms with Crippen LogP contribution in [-0.4, -0.2) is 33.8 Å². The summed E-state index contributed by atoms with van der Waals surface area (Å²) in [5.41, 5.74) is 11.1. The Morgan fingerprint density at radius 3 is 2.78 bits per heavy atom. The summed E-state index contributed by atoms with van der Waals surface area (Å²) in [4.78, 5) is 15.6. The fraction of sp³-hybridized carbons (Fsp3) is 0.200. The van der Waals surface area contributed by atoms with Crippen LogP contribution in [0.5, 0.6) is 5.75 Å². The van der Waals surface area contributed by atoms with Crippen molar-refractivity contribution in [1.82, 2.24) is 9.55 Å². The maximum Gasteiger partial charge on any atom is 0.307 e. The van der Waals surface area contributed by atoms with Crippen molar-refractivity contribution < 1.29 is 19.4 Å². The van der Waals surface area contributed by atoms with Crippen LogP contribution in [0.15, 0.2) is 79.1 Å². The number of carboxylic acid groups (broad SMARTS) is 1. The van der Waals surface area contributed by atoms with E-state index in [0.29, 0.717) is 30.3 Å². The molecule has 0 saturated carbocycles. The Kier molecular flexibility index (Phi) is 5.98. The molecule has 1 saturated heterocycles. The van der Waals surface area contributed by atoms with E-state index in [0.717, 1.165) is 51.4 Å². The molecule has 1 atom stereocenters. The number of nitrogens with two attached hydrogens (primary N) is 1. The smallest absolute Gasteiger partial charge is 0.307 e. The molecule has 7 heteroatoms. The molecule has 0 amide bonds. The van der Waals surface area contributed by atoms with E-state index in [1.54, 1.807) is 12.3 Å². The third-order valence-corrected chi connectivity index (χ3v) is 7.06. The topological polar surface area (TPSA) is 99.6 Å². The van der Waals surface area contributed by atoms with E-state index in [2.05, 4.69) is 40.0 Å². The minimum atomic E-state index is -0.885. The molecule has 0 aliphatic carbocycles. The first-order valence-corrected chi connectivity index (χ1v) is 12.4. The van der Waals surface area contributed by atoms with Crippen LogP contribution < -0.4 is 10.5 Å². The molecule has 0 radical (unpaired) electrons. The summed E-state index contributed by atoms with van der Waals surface area (Å²) in [5.74, 6) is 0.217. The Bertz CT molecular complexity index is 1620. The second kappa shape index (κ2) is 9.59. The van der Waals surface area contributed by atoms with Gasteiger partial charge in [-0.2, -0.15) is 0 Å². The van der Waals surface area contributed by atoms with Crippen molar-refractivity contribution in [2.45, 2.75) is 25.5 Å². The number of hydrogen-bond donors (Lipinski definition) is 2. The number of ether oxygens (including phenoxy) is 2. The van der Waals surface area contributed by atoms with Crippen molar-refractivity contribution in [3.63, 3.8) is 0 Å². The van der Waals surface area contributed by atoms with Crippen molar-refractivity contribution in [2.24, 2.45) is 0 Å². The van der Waals surface area contributed by atoms with Crippen LogP contribution in [0.3, 0.4) is 0 Å². The molecule has 3 aromatic carbocycles. The quantitative estimate of drug-likeness (QED) is 0.306. The number of aromatic nitrogens is 2. The molecule has 0 spiro atoms. The van der Waals surface area contributed by atoms with Gasteiger partial charge < -0.3 is 24.9 Å². The number of carboxylic acids is 1. The van der Waals surface area contributed by atoms with E-state index < -0.39 is 5.97 Å². The van der Waals surface area contributed by atoms with E-state index in [1.165, 1.54) is 0 Å². The molecule has 1 fully saturated rings. The molecule has 3 heterocycles. The molecular formula is C30H27N3O4. The Labute approximate surface area is 214 Å². The largest absolute Gasteiger partial charge is 0.489 e. The zero-order valence-electron chi connectivity index (χ0n) is 20.3. The molecule has 2 aromatic heterocycles. The predicted octanol–water partition coefficient (Wildman–Crippen LogP) is 5.61. The summed E-state index contributed by atoms with van der Waals surface area (Å²) in [5, 5.41) is 12.4. The van der Waals surface area contributed by atoms with Crippen LogP contribution in [0.2, 0.25) is 0 Å². The molecule has 7 nitrogen and oxygen atoms in total. The second-order valence-corrected chi connectivity index (χ2v) is 9.37. The van der Waals surface area contributed by atoms with Crippen LogP contribution in [-0.2, 0) is 22.6 Å². The van der Waals surface area contributed by atoms with E-state index in [-0.39, 0.29) is 12.5 Å². The lowest BCUT2D eigenvalue weighted by atomic mass is 9.97. The van der Waals surface area contributed by atoms with E-state index in [4.69, 9.17) is 15.2 Å². The van der Waals surface area contributed by atoms with Gasteiger partial charge in [0, 0.05) is 46.4 Å². The normalized spacial score (nSPS) is 15.4. The first kappa shape index (κ1) is 23.1. The van der Waals surface area contributed by atoms with Gasteiger partial charge in [0.15, 0.2) is 0 Å². The van der Waals surface area contributed by atoms with Crippen molar-refractivity contribution in [3.05, 3.63) is 90.3 Å². The SMILES string of the molecule is Nc1nccc2c(-c3ccc4c(c3)c(COc3ccccc3CC(=O)O)cn4C3CCOC3)cccc12. The molecule has 0 bridgehead atoms. The van der Waals surface area contributed by atoms with E-state index in [1.807, 2.05) is 36.4 Å². The summed E-state index contributed by atoms with van der Waals surface area (Å²) < 4.78 is 14.2. The van der Waals surface area contributed by atoms with Crippen LogP contribution in [0.4, 0.5) is 5.82 Å². The van der Waals surface area contributed by atoms with E-state index >= 15 is 0 Å². The number of nitrogen functional groups attached to an aromatic ring is 1. The summed E-state index contributed by atoms with van der Waals surface area (Å²) in [6.45, 7) is 1.76. The molecule has 3 N–H and O–H groups in total. The number of benzene rings is 3. The van der Waals surface area contributed by atoms with Gasteiger partial charge >= 0.3 is 5.97 Å². The third-order valence-electron chi connectivity index (χ3n) is 7.06. The Morgan fingerprint density at radius 1 is 1.05 bits per heavy atom. The van der Waals surface area contributed by atoms with Gasteiger partial charge in [0.2, 0.25) is 0 Å². The molecule has 1 aliphatic heterocycles. The number of pyridine rings is 1. The highest BCUT2D eigenvalue weighted by molar-refractivity contribution is 6.02. The molecular weight excluding hydrogens is 466 g/mol. The molecule has 6 rings (SSSR count). The van der Waals surface area contributed by atoms with Gasteiger partial charge in [-0.3, -0.25) is 4.79 Å². The zero-order chi connectivity index (χ0) is 25.4. The zero-order valence-corrected chi connectivity index (χ0v) is 20.3. The average Bonchev–Trinajstić information content (AvgIpc) is 3.56. The molecule has 1 aliphatic rings. The number of para-hydroxylation sites is 1. The lowest BCUT2D eigenvalue weighted by Gasteiger charge is -2.13. The average molecular weight is 494 g/mol. The van der Waals surface area contributed by atoms with Gasteiger partial charge in [0.05, 0.1) is 19.1 Å². The summed E-state index contributed by atoms with van der Waals surface area (Å²) >= 11 is 0. The number of hydrogen-bond acceptors (Lipinski definition) is 5. The first-order chi connectivity index (χ1) is 18.1. The molecule has 5 aromatic rings. The summed E-state index contributed by atoms with van der Waals surface area (Å²) in [6.07, 6.45) is 4.77. The van der Waals surface area contributed by atoms with Crippen molar-refractivity contribution in [1.29, 1.82) is 0 Å². The number of carbonyl (C=O) groups is 1. The monoisotopic (exact) mass is 493 g/mol. The molecule has 1 unspecified atom stereocenters. The number of aliphatic carboxylic acids is 1. The minimum absolute atomic E-state index is 0.0828. The lowest BCUT2D eigenvalue weighted by Crippen LogP contribution is -2.07. The third kappa shape index (κ3) is 4.38. The number of nitrogens with zero attached hydrogens (tertiary/aromatic N) is 2. The fourth-order valence-electron chi connectivity index (χ4n) is 5.24. The summed E-state index contributed by atoms with van der Waals surface area (Å²) in [6, 6.07) is 22.2. The Hall–Kier alpha value is -4.36. The van der Waals surface area contributed by atoms with Gasteiger partial charge in [0.1, 0.15) is 18.2 Å². The Morgan fingerprint density at radius 2 is 1.95 bits per heavy atom. The molecule has 186 valence electrons. The first-order valence-electron chi connectivity index (χ1n) is 12.4. The van der Waals surface area contributed by atoms with Gasteiger partial charge in [0.25, 0.3) is 0 Å². The van der Waals surface area contributed by atoms with Gasteiger partial charge in [-0.15, -0.1) is 0 Å². The number of anilines is 1. The van der Waals surface area contributed by atoms with Gasteiger partial charge in [-0.05, 0) is 47.2 Å². The number of fused-ring (bicyclic) bond motifs is 2. The number of rotatable bonds is 7. The van der Waals surface area contributed by atoms with Crippen LogP contribution >= 0.6 is 0 Å². The van der Waals surface area contributed by atoms with Crippen molar-refractivity contribution >= 4 is 33.5 Å². The lowest BCUT2D eigenvalue weighted by molar-refractivity contribution is -0.136. The van der Waals surface area contributed by atoms with Crippen molar-refractivity contribution in [2.75, 3.05) is 18.9 Å². The van der Waals surface area contributed by atoms with Gasteiger partial charge in [-0.25, -0.2) is 4.98 Å². The van der Waals surface area contributed by atoms with Crippen LogP contribution in [0, 0.1) is 0 Å². The Balaban J connectivity index is 1.43. The maximum atomic E-state index is 11.3. The highest BCUT2D eigenvalue weighted by atomic mass is 16.5. The standard InChI is InChI=1S/C30H27N3O4/c31-30-25-6-3-5-23(24(25)10-12-32-30)19-8-9-27-26(14-19)21(16-33(27)22-11-13-36-18-22)17-37-28-7-2-1-4-20(28)15-29(34)35/h1-10,12,14,16,22H,11,13,15,17-18H2,(H2,31,32)(H,34,35). The van der Waals surface area contributed by atoms with Crippen LogP contribution in [0.1, 0.15) is 23.6 Å². The molecule has 37 heavy (non-hydrogen) atoms. The fourth-order valence-corrected chi connectivity index (χ4v) is 5.24.